The van der Waals surface area contributed by atoms with Crippen LogP contribution in [0.15, 0.2) is 60.2 Å². The van der Waals surface area contributed by atoms with Crippen molar-refractivity contribution in [3.8, 4) is 0 Å². The molecule has 1 fully saturated rings. The van der Waals surface area contributed by atoms with Gasteiger partial charge in [-0.1, -0.05) is 36.4 Å². The first kappa shape index (κ1) is 17.4. The van der Waals surface area contributed by atoms with Gasteiger partial charge in [-0.05, 0) is 56.5 Å². The number of nitrogens with zero attached hydrogens (tertiary/aromatic N) is 3. The quantitative estimate of drug-likeness (QED) is 0.670. The fourth-order valence-electron chi connectivity index (χ4n) is 4.02. The predicted molar refractivity (Wildman–Crippen MR) is 108 cm³/mol. The monoisotopic (exact) mass is 363 g/mol. The highest BCUT2D eigenvalue weighted by Crippen LogP contribution is 2.41. The predicted octanol–water partition coefficient (Wildman–Crippen LogP) is 4.47. The zero-order chi connectivity index (χ0) is 17.8. The molecule has 4 heteroatoms. The maximum atomic E-state index is 4.89. The third kappa shape index (κ3) is 3.57. The Bertz CT molecular complexity index is 821. The molecule has 0 aliphatic carbocycles. The fraction of sp³-hybridized carbons (Fsp3) is 0.364. The Balaban J connectivity index is 1.49. The molecule has 0 radical (unpaired) electrons. The SMILES string of the molecule is Cc1nc(C2(c3ccccc3)CCN(CCc3cccnc3)CC2)cs1. The molecule has 0 saturated carbocycles. The summed E-state index contributed by atoms with van der Waals surface area (Å²) in [6.07, 6.45) is 7.16. The smallest absolute Gasteiger partial charge is 0.0897 e. The van der Waals surface area contributed by atoms with E-state index in [0.29, 0.717) is 0 Å². The summed E-state index contributed by atoms with van der Waals surface area (Å²) in [7, 11) is 0. The summed E-state index contributed by atoms with van der Waals surface area (Å²) in [5.74, 6) is 0. The molecule has 4 rings (SSSR count). The van der Waals surface area contributed by atoms with Crippen LogP contribution in [-0.4, -0.2) is 34.5 Å². The second-order valence-corrected chi connectivity index (χ2v) is 8.22. The van der Waals surface area contributed by atoms with Gasteiger partial charge in [-0.3, -0.25) is 4.98 Å². The van der Waals surface area contributed by atoms with Crippen LogP contribution in [0, 0.1) is 6.92 Å². The molecule has 0 atom stereocenters. The Hall–Kier alpha value is -2.04. The van der Waals surface area contributed by atoms with Gasteiger partial charge in [0, 0.05) is 29.7 Å². The second-order valence-electron chi connectivity index (χ2n) is 7.15. The van der Waals surface area contributed by atoms with Crippen molar-refractivity contribution in [2.45, 2.75) is 31.6 Å². The van der Waals surface area contributed by atoms with Crippen LogP contribution in [0.3, 0.4) is 0 Å². The van der Waals surface area contributed by atoms with Gasteiger partial charge in [0.2, 0.25) is 0 Å². The Kier molecular flexibility index (Phi) is 5.14. The van der Waals surface area contributed by atoms with Crippen molar-refractivity contribution in [3.05, 3.63) is 82.1 Å². The van der Waals surface area contributed by atoms with Crippen molar-refractivity contribution in [1.29, 1.82) is 0 Å². The molecule has 0 spiro atoms. The largest absolute Gasteiger partial charge is 0.303 e. The van der Waals surface area contributed by atoms with Crippen molar-refractivity contribution in [2.24, 2.45) is 0 Å². The van der Waals surface area contributed by atoms with E-state index in [1.54, 1.807) is 11.3 Å². The highest BCUT2D eigenvalue weighted by Gasteiger charge is 2.39. The Morgan fingerprint density at radius 2 is 1.88 bits per heavy atom. The molecule has 3 heterocycles. The van der Waals surface area contributed by atoms with Gasteiger partial charge in [0.05, 0.1) is 10.7 Å². The normalized spacial score (nSPS) is 17.3. The van der Waals surface area contributed by atoms with E-state index in [4.69, 9.17) is 4.98 Å². The summed E-state index contributed by atoms with van der Waals surface area (Å²) in [6, 6.07) is 15.2. The number of rotatable bonds is 5. The lowest BCUT2D eigenvalue weighted by atomic mass is 9.70. The van der Waals surface area contributed by atoms with Crippen LogP contribution in [0.5, 0.6) is 0 Å². The van der Waals surface area contributed by atoms with Gasteiger partial charge in [-0.2, -0.15) is 0 Å². The van der Waals surface area contributed by atoms with E-state index in [0.717, 1.165) is 43.9 Å². The number of benzene rings is 1. The molecule has 1 saturated heterocycles. The van der Waals surface area contributed by atoms with Crippen LogP contribution in [0.2, 0.25) is 0 Å². The zero-order valence-electron chi connectivity index (χ0n) is 15.3. The van der Waals surface area contributed by atoms with Crippen LogP contribution >= 0.6 is 11.3 Å². The number of aryl methyl sites for hydroxylation is 1. The van der Waals surface area contributed by atoms with Gasteiger partial charge >= 0.3 is 0 Å². The summed E-state index contributed by atoms with van der Waals surface area (Å²) in [5, 5.41) is 3.43. The molecule has 134 valence electrons. The molecule has 2 aromatic heterocycles. The summed E-state index contributed by atoms with van der Waals surface area (Å²) in [5.41, 5.74) is 4.06. The lowest BCUT2D eigenvalue weighted by Crippen LogP contribution is -2.44. The molecule has 0 bridgehead atoms. The number of hydrogen-bond donors (Lipinski definition) is 0. The lowest BCUT2D eigenvalue weighted by molar-refractivity contribution is 0.179. The van der Waals surface area contributed by atoms with Crippen molar-refractivity contribution in [1.82, 2.24) is 14.9 Å². The minimum absolute atomic E-state index is 0.0663. The second kappa shape index (κ2) is 7.68. The maximum absolute atomic E-state index is 4.89. The molecule has 26 heavy (non-hydrogen) atoms. The number of aromatic nitrogens is 2. The first-order chi connectivity index (χ1) is 12.8. The third-order valence-electron chi connectivity index (χ3n) is 5.58. The Morgan fingerprint density at radius 1 is 1.08 bits per heavy atom. The molecule has 1 aliphatic heterocycles. The van der Waals surface area contributed by atoms with Gasteiger partial charge in [0.25, 0.3) is 0 Å². The molecular weight excluding hydrogens is 338 g/mol. The van der Waals surface area contributed by atoms with E-state index >= 15 is 0 Å². The van der Waals surface area contributed by atoms with Crippen molar-refractivity contribution in [2.75, 3.05) is 19.6 Å². The van der Waals surface area contributed by atoms with Crippen LogP contribution in [0.25, 0.3) is 0 Å². The molecular formula is C22H25N3S. The molecule has 1 aromatic carbocycles. The van der Waals surface area contributed by atoms with E-state index in [1.807, 2.05) is 18.5 Å². The Morgan fingerprint density at radius 3 is 2.54 bits per heavy atom. The van der Waals surface area contributed by atoms with Crippen LogP contribution in [-0.2, 0) is 11.8 Å². The van der Waals surface area contributed by atoms with E-state index in [-0.39, 0.29) is 5.41 Å². The van der Waals surface area contributed by atoms with E-state index in [9.17, 15) is 0 Å². The molecule has 3 aromatic rings. The van der Waals surface area contributed by atoms with E-state index in [2.05, 4.69) is 58.6 Å². The molecule has 0 N–H and O–H groups in total. The van der Waals surface area contributed by atoms with Crippen molar-refractivity contribution < 1.29 is 0 Å². The van der Waals surface area contributed by atoms with Crippen molar-refractivity contribution >= 4 is 11.3 Å². The van der Waals surface area contributed by atoms with Gasteiger partial charge in [0.15, 0.2) is 0 Å². The topological polar surface area (TPSA) is 29.0 Å². The molecule has 3 nitrogen and oxygen atoms in total. The number of piperidine rings is 1. The summed E-state index contributed by atoms with van der Waals surface area (Å²) < 4.78 is 0. The molecule has 1 aliphatic rings. The van der Waals surface area contributed by atoms with Crippen LogP contribution in [0.4, 0.5) is 0 Å². The lowest BCUT2D eigenvalue weighted by Gasteiger charge is -2.41. The third-order valence-corrected chi connectivity index (χ3v) is 6.36. The van der Waals surface area contributed by atoms with E-state index < -0.39 is 0 Å². The summed E-state index contributed by atoms with van der Waals surface area (Å²) in [4.78, 5) is 11.7. The van der Waals surface area contributed by atoms with Crippen LogP contribution < -0.4 is 0 Å². The first-order valence-corrected chi connectivity index (χ1v) is 10.2. The molecule has 0 amide bonds. The number of likely N-dealkylation sites (tertiary alicyclic amines) is 1. The molecule has 0 unspecified atom stereocenters. The van der Waals surface area contributed by atoms with Crippen molar-refractivity contribution in [3.63, 3.8) is 0 Å². The standard InChI is InChI=1S/C22H25N3S/c1-18-24-21(17-26-18)22(20-7-3-2-4-8-20)10-14-25(15-11-22)13-9-19-6-5-12-23-16-19/h2-8,12,16-17H,9-11,13-15H2,1H3. The number of thiazole rings is 1. The highest BCUT2D eigenvalue weighted by molar-refractivity contribution is 7.09. The maximum Gasteiger partial charge on any atom is 0.0897 e. The number of pyridine rings is 1. The fourth-order valence-corrected chi connectivity index (χ4v) is 4.74. The van der Waals surface area contributed by atoms with Gasteiger partial charge in [-0.25, -0.2) is 4.98 Å². The van der Waals surface area contributed by atoms with Gasteiger partial charge in [-0.15, -0.1) is 11.3 Å². The average molecular weight is 364 g/mol. The minimum Gasteiger partial charge on any atom is -0.303 e. The summed E-state index contributed by atoms with van der Waals surface area (Å²) >= 11 is 1.77. The summed E-state index contributed by atoms with van der Waals surface area (Å²) in [6.45, 7) is 5.44. The zero-order valence-corrected chi connectivity index (χ0v) is 16.1. The Labute approximate surface area is 159 Å². The first-order valence-electron chi connectivity index (χ1n) is 9.36. The number of hydrogen-bond acceptors (Lipinski definition) is 4. The van der Waals surface area contributed by atoms with E-state index in [1.165, 1.54) is 16.8 Å². The van der Waals surface area contributed by atoms with Gasteiger partial charge in [0.1, 0.15) is 0 Å². The average Bonchev–Trinajstić information content (AvgIpc) is 3.15. The van der Waals surface area contributed by atoms with Crippen LogP contribution in [0.1, 0.15) is 34.7 Å². The van der Waals surface area contributed by atoms with Gasteiger partial charge < -0.3 is 4.90 Å². The highest BCUT2D eigenvalue weighted by atomic mass is 32.1. The minimum atomic E-state index is 0.0663.